The van der Waals surface area contributed by atoms with Gasteiger partial charge in [-0.3, -0.25) is 0 Å². The largest absolute Gasteiger partial charge is 0.394 e. The van der Waals surface area contributed by atoms with Gasteiger partial charge in [0.15, 0.2) is 0 Å². The molecule has 3 heteroatoms. The lowest BCUT2D eigenvalue weighted by Crippen LogP contribution is -2.45. The zero-order chi connectivity index (χ0) is 15.0. The standard InChI is InChI=1S/C17H29NOS/c1-5-18-17(4,13-19)10-6-7-11-20-16-9-8-14(2)12-15(16)3/h8-9,12,18-19H,5-7,10-11,13H2,1-4H3. The molecule has 0 bridgehead atoms. The zero-order valence-electron chi connectivity index (χ0n) is 13.3. The minimum Gasteiger partial charge on any atom is -0.394 e. The van der Waals surface area contributed by atoms with Crippen molar-refractivity contribution in [1.82, 2.24) is 5.32 Å². The smallest absolute Gasteiger partial charge is 0.0610 e. The summed E-state index contributed by atoms with van der Waals surface area (Å²) in [4.78, 5) is 1.40. The van der Waals surface area contributed by atoms with E-state index >= 15 is 0 Å². The van der Waals surface area contributed by atoms with Crippen LogP contribution >= 0.6 is 11.8 Å². The van der Waals surface area contributed by atoms with Gasteiger partial charge in [0, 0.05) is 10.4 Å². The van der Waals surface area contributed by atoms with E-state index in [0.29, 0.717) is 0 Å². The average molecular weight is 295 g/mol. The number of aryl methyl sites for hydroxylation is 2. The lowest BCUT2D eigenvalue weighted by atomic mass is 9.96. The van der Waals surface area contributed by atoms with E-state index in [1.54, 1.807) is 0 Å². The Labute approximate surface area is 128 Å². The van der Waals surface area contributed by atoms with E-state index in [4.69, 9.17) is 0 Å². The van der Waals surface area contributed by atoms with Crippen molar-refractivity contribution in [3.63, 3.8) is 0 Å². The van der Waals surface area contributed by atoms with Crippen LogP contribution in [0, 0.1) is 13.8 Å². The fourth-order valence-electron chi connectivity index (χ4n) is 2.41. The molecule has 0 saturated heterocycles. The summed E-state index contributed by atoms with van der Waals surface area (Å²) in [5.74, 6) is 1.15. The topological polar surface area (TPSA) is 32.3 Å². The van der Waals surface area contributed by atoms with Gasteiger partial charge < -0.3 is 10.4 Å². The highest BCUT2D eigenvalue weighted by Crippen LogP contribution is 2.25. The summed E-state index contributed by atoms with van der Waals surface area (Å²) < 4.78 is 0. The number of rotatable bonds is 9. The van der Waals surface area contributed by atoms with Crippen molar-refractivity contribution in [2.75, 3.05) is 18.9 Å². The molecule has 1 rings (SSSR count). The van der Waals surface area contributed by atoms with Gasteiger partial charge in [-0.05, 0) is 57.5 Å². The zero-order valence-corrected chi connectivity index (χ0v) is 14.1. The summed E-state index contributed by atoms with van der Waals surface area (Å²) in [5, 5.41) is 12.8. The first kappa shape index (κ1) is 17.5. The molecular formula is C17H29NOS. The monoisotopic (exact) mass is 295 g/mol. The Morgan fingerprint density at radius 3 is 2.60 bits per heavy atom. The molecule has 2 nitrogen and oxygen atoms in total. The summed E-state index contributed by atoms with van der Waals surface area (Å²) in [7, 11) is 0. The number of aliphatic hydroxyl groups is 1. The molecule has 0 aliphatic heterocycles. The Kier molecular flexibility index (Phi) is 7.63. The molecule has 0 fully saturated rings. The van der Waals surface area contributed by atoms with Gasteiger partial charge in [0.05, 0.1) is 6.61 Å². The molecule has 1 aromatic rings. The number of benzene rings is 1. The number of nitrogens with one attached hydrogen (secondary N) is 1. The van der Waals surface area contributed by atoms with Crippen LogP contribution in [0.3, 0.4) is 0 Å². The van der Waals surface area contributed by atoms with E-state index in [0.717, 1.165) is 25.1 Å². The Balaban J connectivity index is 2.28. The lowest BCUT2D eigenvalue weighted by molar-refractivity contribution is 0.165. The van der Waals surface area contributed by atoms with Crippen LogP contribution in [0.4, 0.5) is 0 Å². The molecule has 2 N–H and O–H groups in total. The van der Waals surface area contributed by atoms with Crippen molar-refractivity contribution >= 4 is 11.8 Å². The Hall–Kier alpha value is -0.510. The predicted molar refractivity (Wildman–Crippen MR) is 89.7 cm³/mol. The SMILES string of the molecule is CCNC(C)(CO)CCCCSc1ccc(C)cc1C. The first-order valence-electron chi connectivity index (χ1n) is 7.56. The Morgan fingerprint density at radius 1 is 1.25 bits per heavy atom. The average Bonchev–Trinajstić information content (AvgIpc) is 2.41. The number of aliphatic hydroxyl groups excluding tert-OH is 1. The first-order valence-corrected chi connectivity index (χ1v) is 8.55. The fourth-order valence-corrected chi connectivity index (χ4v) is 3.43. The summed E-state index contributed by atoms with van der Waals surface area (Å²) in [6, 6.07) is 6.66. The molecule has 0 radical (unpaired) electrons. The van der Waals surface area contributed by atoms with Gasteiger partial charge in [-0.2, -0.15) is 0 Å². The third-order valence-electron chi connectivity index (χ3n) is 3.66. The van der Waals surface area contributed by atoms with Gasteiger partial charge in [0.25, 0.3) is 0 Å². The van der Waals surface area contributed by atoms with E-state index in [9.17, 15) is 5.11 Å². The molecule has 114 valence electrons. The molecule has 0 aliphatic rings. The molecule has 0 heterocycles. The molecule has 0 amide bonds. The van der Waals surface area contributed by atoms with Crippen molar-refractivity contribution in [3.8, 4) is 0 Å². The maximum absolute atomic E-state index is 9.45. The maximum atomic E-state index is 9.45. The van der Waals surface area contributed by atoms with Crippen LogP contribution in [-0.2, 0) is 0 Å². The van der Waals surface area contributed by atoms with Crippen molar-refractivity contribution in [1.29, 1.82) is 0 Å². The molecule has 1 aromatic carbocycles. The van der Waals surface area contributed by atoms with Crippen LogP contribution in [0.15, 0.2) is 23.1 Å². The van der Waals surface area contributed by atoms with Crippen LogP contribution < -0.4 is 5.32 Å². The molecule has 1 unspecified atom stereocenters. The highest BCUT2D eigenvalue weighted by molar-refractivity contribution is 7.99. The van der Waals surface area contributed by atoms with Crippen LogP contribution in [0.1, 0.15) is 44.2 Å². The van der Waals surface area contributed by atoms with Crippen LogP contribution in [0.25, 0.3) is 0 Å². The highest BCUT2D eigenvalue weighted by atomic mass is 32.2. The summed E-state index contributed by atoms with van der Waals surface area (Å²) in [6.45, 7) is 9.64. The van der Waals surface area contributed by atoms with Gasteiger partial charge in [0.2, 0.25) is 0 Å². The Morgan fingerprint density at radius 2 is 2.00 bits per heavy atom. The van der Waals surface area contributed by atoms with Crippen LogP contribution in [0.5, 0.6) is 0 Å². The number of likely N-dealkylation sites (N-methyl/N-ethyl adjacent to an activating group) is 1. The second kappa shape index (κ2) is 8.71. The number of unbranched alkanes of at least 4 members (excludes halogenated alkanes) is 1. The molecule has 20 heavy (non-hydrogen) atoms. The lowest BCUT2D eigenvalue weighted by Gasteiger charge is -2.28. The maximum Gasteiger partial charge on any atom is 0.0610 e. The van der Waals surface area contributed by atoms with E-state index in [1.165, 1.54) is 22.4 Å². The van der Waals surface area contributed by atoms with Gasteiger partial charge >= 0.3 is 0 Å². The fraction of sp³-hybridized carbons (Fsp3) is 0.647. The summed E-state index contributed by atoms with van der Waals surface area (Å²) in [6.07, 6.45) is 3.38. The van der Waals surface area contributed by atoms with Gasteiger partial charge in [-0.25, -0.2) is 0 Å². The van der Waals surface area contributed by atoms with Gasteiger partial charge in [-0.15, -0.1) is 11.8 Å². The summed E-state index contributed by atoms with van der Waals surface area (Å²) >= 11 is 1.94. The van der Waals surface area contributed by atoms with E-state index in [2.05, 4.69) is 51.2 Å². The van der Waals surface area contributed by atoms with E-state index in [-0.39, 0.29) is 12.1 Å². The molecule has 0 saturated carbocycles. The number of thioether (sulfide) groups is 1. The van der Waals surface area contributed by atoms with E-state index in [1.807, 2.05) is 11.8 Å². The third kappa shape index (κ3) is 5.86. The molecule has 0 aliphatic carbocycles. The first-order chi connectivity index (χ1) is 9.50. The minimum atomic E-state index is -0.112. The predicted octanol–water partition coefficient (Wildman–Crippen LogP) is 3.93. The number of hydrogen-bond acceptors (Lipinski definition) is 3. The highest BCUT2D eigenvalue weighted by Gasteiger charge is 2.20. The molecule has 1 atom stereocenters. The number of hydrogen-bond donors (Lipinski definition) is 2. The Bertz CT molecular complexity index is 408. The quantitative estimate of drug-likeness (QED) is 0.535. The second-order valence-electron chi connectivity index (χ2n) is 5.82. The third-order valence-corrected chi connectivity index (χ3v) is 4.93. The van der Waals surface area contributed by atoms with E-state index < -0.39 is 0 Å². The van der Waals surface area contributed by atoms with Crippen LogP contribution in [-0.4, -0.2) is 29.5 Å². The molecular weight excluding hydrogens is 266 g/mol. The molecule has 0 aromatic heterocycles. The second-order valence-corrected chi connectivity index (χ2v) is 6.96. The van der Waals surface area contributed by atoms with Gasteiger partial charge in [0.1, 0.15) is 0 Å². The minimum absolute atomic E-state index is 0.112. The molecule has 0 spiro atoms. The normalized spacial score (nSPS) is 14.2. The van der Waals surface area contributed by atoms with Crippen molar-refractivity contribution in [3.05, 3.63) is 29.3 Å². The van der Waals surface area contributed by atoms with Gasteiger partial charge in [-0.1, -0.05) is 31.0 Å². The van der Waals surface area contributed by atoms with Crippen molar-refractivity contribution in [2.45, 2.75) is 57.4 Å². The van der Waals surface area contributed by atoms with Crippen molar-refractivity contribution < 1.29 is 5.11 Å². The summed E-state index contributed by atoms with van der Waals surface area (Å²) in [5.41, 5.74) is 2.60. The van der Waals surface area contributed by atoms with Crippen molar-refractivity contribution in [2.24, 2.45) is 0 Å². The van der Waals surface area contributed by atoms with Crippen LogP contribution in [0.2, 0.25) is 0 Å².